The van der Waals surface area contributed by atoms with Crippen molar-refractivity contribution < 1.29 is 9.53 Å². The standard InChI is InChI=1S/C20H13ClN4O2S/c21-13-5-6-16(25-11-22-10-23-25)15(8-13)24-20(26)18-7-12-9-27-17-4-2-1-3-14(17)19(12)28-18/h1-8,10-11H,9H2,(H,24,26). The second-order valence-corrected chi connectivity index (χ2v) is 7.69. The Labute approximate surface area is 169 Å². The summed E-state index contributed by atoms with van der Waals surface area (Å²) in [7, 11) is 0. The third-order valence-electron chi connectivity index (χ3n) is 4.42. The first-order chi connectivity index (χ1) is 13.7. The zero-order valence-corrected chi connectivity index (χ0v) is 16.0. The first kappa shape index (κ1) is 17.0. The van der Waals surface area contributed by atoms with Gasteiger partial charge in [0, 0.05) is 21.0 Å². The molecule has 2 aromatic heterocycles. The summed E-state index contributed by atoms with van der Waals surface area (Å²) in [5.74, 6) is 0.632. The van der Waals surface area contributed by atoms with Crippen molar-refractivity contribution in [3.8, 4) is 21.9 Å². The van der Waals surface area contributed by atoms with Crippen LogP contribution >= 0.6 is 22.9 Å². The number of anilines is 1. The SMILES string of the molecule is O=C(Nc1cc(Cl)ccc1-n1cncn1)c1cc2c(s1)-c1ccccc1OC2. The van der Waals surface area contributed by atoms with Crippen LogP contribution in [-0.2, 0) is 6.61 Å². The number of benzene rings is 2. The van der Waals surface area contributed by atoms with Crippen molar-refractivity contribution in [2.45, 2.75) is 6.61 Å². The molecule has 3 heterocycles. The molecule has 1 N–H and O–H groups in total. The fourth-order valence-electron chi connectivity index (χ4n) is 3.14. The number of ether oxygens (including phenoxy) is 1. The Kier molecular flexibility index (Phi) is 4.11. The van der Waals surface area contributed by atoms with Gasteiger partial charge in [0.15, 0.2) is 0 Å². The molecule has 0 radical (unpaired) electrons. The minimum Gasteiger partial charge on any atom is -0.488 e. The van der Waals surface area contributed by atoms with Crippen molar-refractivity contribution in [3.63, 3.8) is 0 Å². The van der Waals surface area contributed by atoms with Crippen LogP contribution < -0.4 is 10.1 Å². The lowest BCUT2D eigenvalue weighted by molar-refractivity contribution is 0.103. The summed E-state index contributed by atoms with van der Waals surface area (Å²) in [6.45, 7) is 0.456. The van der Waals surface area contributed by atoms with Gasteiger partial charge in [-0.05, 0) is 36.4 Å². The van der Waals surface area contributed by atoms with Gasteiger partial charge < -0.3 is 10.1 Å². The zero-order valence-electron chi connectivity index (χ0n) is 14.4. The van der Waals surface area contributed by atoms with E-state index in [1.54, 1.807) is 29.2 Å². The van der Waals surface area contributed by atoms with Gasteiger partial charge in [0.05, 0.1) is 16.3 Å². The Morgan fingerprint density at radius 1 is 1.21 bits per heavy atom. The normalized spacial score (nSPS) is 12.0. The molecule has 1 amide bonds. The van der Waals surface area contributed by atoms with Crippen LogP contribution in [0.4, 0.5) is 5.69 Å². The summed E-state index contributed by atoms with van der Waals surface area (Å²) < 4.78 is 7.36. The van der Waals surface area contributed by atoms with Crippen LogP contribution in [0.2, 0.25) is 5.02 Å². The number of thiophene rings is 1. The summed E-state index contributed by atoms with van der Waals surface area (Å²) >= 11 is 7.59. The number of rotatable bonds is 3. The molecule has 6 nitrogen and oxygen atoms in total. The van der Waals surface area contributed by atoms with Gasteiger partial charge in [-0.25, -0.2) is 9.67 Å². The molecule has 138 valence electrons. The van der Waals surface area contributed by atoms with Crippen LogP contribution in [-0.4, -0.2) is 20.7 Å². The largest absolute Gasteiger partial charge is 0.488 e. The molecule has 0 atom stereocenters. The Bertz CT molecular complexity index is 1190. The van der Waals surface area contributed by atoms with Crippen molar-refractivity contribution in [3.05, 3.63) is 76.6 Å². The fraction of sp³-hybridized carbons (Fsp3) is 0.0500. The monoisotopic (exact) mass is 408 g/mol. The van der Waals surface area contributed by atoms with Gasteiger partial charge in [-0.15, -0.1) is 11.3 Å². The molecule has 5 rings (SSSR count). The molecular weight excluding hydrogens is 396 g/mol. The Morgan fingerprint density at radius 2 is 2.11 bits per heavy atom. The highest BCUT2D eigenvalue weighted by atomic mass is 35.5. The van der Waals surface area contributed by atoms with E-state index in [0.717, 1.165) is 21.8 Å². The molecule has 8 heteroatoms. The Balaban J connectivity index is 1.49. The number of nitrogens with one attached hydrogen (secondary N) is 1. The Hall–Kier alpha value is -3.16. The second kappa shape index (κ2) is 6.78. The minimum absolute atomic E-state index is 0.208. The molecule has 0 saturated carbocycles. The molecule has 0 aliphatic carbocycles. The maximum atomic E-state index is 12.9. The molecule has 1 aliphatic heterocycles. The molecule has 0 fully saturated rings. The minimum atomic E-state index is -0.208. The van der Waals surface area contributed by atoms with Crippen molar-refractivity contribution in [2.75, 3.05) is 5.32 Å². The van der Waals surface area contributed by atoms with Gasteiger partial charge >= 0.3 is 0 Å². The molecule has 0 bridgehead atoms. The molecule has 28 heavy (non-hydrogen) atoms. The van der Waals surface area contributed by atoms with Crippen LogP contribution in [0.15, 0.2) is 61.2 Å². The van der Waals surface area contributed by atoms with E-state index < -0.39 is 0 Å². The third-order valence-corrected chi connectivity index (χ3v) is 5.86. The van der Waals surface area contributed by atoms with Gasteiger partial charge in [-0.3, -0.25) is 4.79 Å². The number of hydrogen-bond acceptors (Lipinski definition) is 5. The average Bonchev–Trinajstić information content (AvgIpc) is 3.38. The third kappa shape index (κ3) is 2.94. The number of amides is 1. The van der Waals surface area contributed by atoms with E-state index in [-0.39, 0.29) is 5.91 Å². The van der Waals surface area contributed by atoms with Crippen LogP contribution in [0.3, 0.4) is 0 Å². The van der Waals surface area contributed by atoms with Crippen molar-refractivity contribution in [1.82, 2.24) is 14.8 Å². The number of aromatic nitrogens is 3. The lowest BCUT2D eigenvalue weighted by Crippen LogP contribution is -2.13. The van der Waals surface area contributed by atoms with Crippen molar-refractivity contribution >= 4 is 34.5 Å². The fourth-order valence-corrected chi connectivity index (χ4v) is 4.40. The highest BCUT2D eigenvalue weighted by molar-refractivity contribution is 7.17. The second-order valence-electron chi connectivity index (χ2n) is 6.21. The number of para-hydroxylation sites is 1. The summed E-state index contributed by atoms with van der Waals surface area (Å²) in [5.41, 5.74) is 3.27. The number of nitrogens with zero attached hydrogens (tertiary/aromatic N) is 3. The molecule has 0 spiro atoms. The summed E-state index contributed by atoms with van der Waals surface area (Å²) in [6, 6.07) is 15.0. The Morgan fingerprint density at radius 3 is 2.96 bits per heavy atom. The number of carbonyl (C=O) groups is 1. The molecule has 0 unspecified atom stereocenters. The van der Waals surface area contributed by atoms with E-state index in [1.807, 2.05) is 30.3 Å². The van der Waals surface area contributed by atoms with Crippen molar-refractivity contribution in [2.24, 2.45) is 0 Å². The lowest BCUT2D eigenvalue weighted by Gasteiger charge is -2.16. The van der Waals surface area contributed by atoms with E-state index in [1.165, 1.54) is 17.7 Å². The molecular formula is C20H13ClN4O2S. The molecule has 0 saturated heterocycles. The van der Waals surface area contributed by atoms with Gasteiger partial charge in [0.25, 0.3) is 5.91 Å². The van der Waals surface area contributed by atoms with Crippen LogP contribution in [0, 0.1) is 0 Å². The van der Waals surface area contributed by atoms with E-state index in [9.17, 15) is 4.79 Å². The number of carbonyl (C=O) groups excluding carboxylic acids is 1. The summed E-state index contributed by atoms with van der Waals surface area (Å²) in [6.07, 6.45) is 3.00. The number of hydrogen-bond donors (Lipinski definition) is 1. The van der Waals surface area contributed by atoms with Crippen LogP contribution in [0.25, 0.3) is 16.1 Å². The van der Waals surface area contributed by atoms with Gasteiger partial charge in [-0.1, -0.05) is 23.7 Å². The van der Waals surface area contributed by atoms with E-state index >= 15 is 0 Å². The maximum Gasteiger partial charge on any atom is 0.265 e. The van der Waals surface area contributed by atoms with E-state index in [0.29, 0.717) is 27.9 Å². The van der Waals surface area contributed by atoms with Crippen molar-refractivity contribution in [1.29, 1.82) is 0 Å². The highest BCUT2D eigenvalue weighted by Crippen LogP contribution is 2.42. The lowest BCUT2D eigenvalue weighted by atomic mass is 10.1. The van der Waals surface area contributed by atoms with Gasteiger partial charge in [-0.2, -0.15) is 5.10 Å². The van der Waals surface area contributed by atoms with Crippen LogP contribution in [0.5, 0.6) is 5.75 Å². The van der Waals surface area contributed by atoms with E-state index in [2.05, 4.69) is 15.4 Å². The van der Waals surface area contributed by atoms with Gasteiger partial charge in [0.2, 0.25) is 0 Å². The quantitative estimate of drug-likeness (QED) is 0.529. The van der Waals surface area contributed by atoms with Crippen LogP contribution in [0.1, 0.15) is 15.2 Å². The van der Waals surface area contributed by atoms with Gasteiger partial charge in [0.1, 0.15) is 25.0 Å². The number of fused-ring (bicyclic) bond motifs is 3. The molecule has 2 aromatic carbocycles. The zero-order chi connectivity index (χ0) is 19.1. The smallest absolute Gasteiger partial charge is 0.265 e. The predicted molar refractivity (Wildman–Crippen MR) is 108 cm³/mol. The molecule has 4 aromatic rings. The first-order valence-electron chi connectivity index (χ1n) is 8.50. The average molecular weight is 409 g/mol. The highest BCUT2D eigenvalue weighted by Gasteiger charge is 2.23. The topological polar surface area (TPSA) is 69.0 Å². The maximum absolute atomic E-state index is 12.9. The number of halogens is 1. The summed E-state index contributed by atoms with van der Waals surface area (Å²) in [5, 5.41) is 7.60. The first-order valence-corrected chi connectivity index (χ1v) is 9.69. The van der Waals surface area contributed by atoms with E-state index in [4.69, 9.17) is 16.3 Å². The molecule has 1 aliphatic rings. The summed E-state index contributed by atoms with van der Waals surface area (Å²) in [4.78, 5) is 18.6. The predicted octanol–water partition coefficient (Wildman–Crippen LogP) is 4.79.